The summed E-state index contributed by atoms with van der Waals surface area (Å²) in [4.78, 5) is 13.0. The molecule has 1 fully saturated rings. The first-order valence-corrected chi connectivity index (χ1v) is 16.7. The van der Waals surface area contributed by atoms with Gasteiger partial charge in [-0.1, -0.05) is 56.5 Å². The molecule has 0 aromatic heterocycles. The highest BCUT2D eigenvalue weighted by Gasteiger charge is 2.35. The van der Waals surface area contributed by atoms with Crippen LogP contribution in [0.25, 0.3) is 22.3 Å². The van der Waals surface area contributed by atoms with Crippen LogP contribution < -0.4 is 5.30 Å². The maximum atomic E-state index is 13.0. The van der Waals surface area contributed by atoms with Crippen LogP contribution in [0.2, 0.25) is 0 Å². The summed E-state index contributed by atoms with van der Waals surface area (Å²) in [5.74, 6) is 0.403. The molecule has 0 spiro atoms. The van der Waals surface area contributed by atoms with Gasteiger partial charge in [0.25, 0.3) is 0 Å². The van der Waals surface area contributed by atoms with Crippen molar-refractivity contribution in [2.24, 2.45) is 0 Å². The Morgan fingerprint density at radius 1 is 0.537 bits per heavy atom. The van der Waals surface area contributed by atoms with Crippen LogP contribution in [0.5, 0.6) is 0 Å². The Hall–Kier alpha value is -3.02. The standard InChI is InChI=1S/C39H45OP/c1-22-24(3)28(7)37(29(8)25(22)4)34-17-14-18-35(38-30(9)26(5)23(2)27(6)31(38)10)39(34)41-20-19-33(40)21-36(41)32-15-12-11-13-16-32/h11-18,36H,19-21H2,1-10H3. The van der Waals surface area contributed by atoms with Crippen LogP contribution in [0, 0.1) is 69.2 Å². The third kappa shape index (κ3) is 4.91. The smallest absolute Gasteiger partial charge is 0.134 e. The molecular weight excluding hydrogens is 515 g/mol. The lowest BCUT2D eigenvalue weighted by Gasteiger charge is -2.36. The number of rotatable bonds is 4. The number of ketones is 1. The lowest BCUT2D eigenvalue weighted by Crippen LogP contribution is -2.24. The third-order valence-electron chi connectivity index (χ3n) is 10.5. The van der Waals surface area contributed by atoms with Gasteiger partial charge >= 0.3 is 0 Å². The van der Waals surface area contributed by atoms with Crippen molar-refractivity contribution < 1.29 is 4.79 Å². The quantitative estimate of drug-likeness (QED) is 0.227. The van der Waals surface area contributed by atoms with E-state index >= 15 is 0 Å². The zero-order valence-corrected chi connectivity index (χ0v) is 27.6. The van der Waals surface area contributed by atoms with Crippen molar-refractivity contribution in [1.82, 2.24) is 0 Å². The number of hydrogen-bond donors (Lipinski definition) is 0. The van der Waals surface area contributed by atoms with E-state index in [1.54, 1.807) is 0 Å². The van der Waals surface area contributed by atoms with Crippen LogP contribution >= 0.6 is 7.92 Å². The van der Waals surface area contributed by atoms with Crippen LogP contribution in [0.3, 0.4) is 0 Å². The van der Waals surface area contributed by atoms with E-state index in [0.29, 0.717) is 18.6 Å². The summed E-state index contributed by atoms with van der Waals surface area (Å²) in [6.45, 7) is 22.9. The minimum atomic E-state index is -0.646. The lowest BCUT2D eigenvalue weighted by atomic mass is 9.83. The van der Waals surface area contributed by atoms with Gasteiger partial charge < -0.3 is 0 Å². The average molecular weight is 561 g/mol. The molecule has 2 atom stereocenters. The van der Waals surface area contributed by atoms with E-state index in [0.717, 1.165) is 6.16 Å². The van der Waals surface area contributed by atoms with Crippen molar-refractivity contribution >= 4 is 19.0 Å². The summed E-state index contributed by atoms with van der Waals surface area (Å²) in [5, 5.41) is 1.49. The van der Waals surface area contributed by atoms with Crippen molar-refractivity contribution in [1.29, 1.82) is 0 Å². The Kier molecular flexibility index (Phi) is 8.15. The zero-order chi connectivity index (χ0) is 29.7. The summed E-state index contributed by atoms with van der Waals surface area (Å²) in [5.41, 5.74) is 21.0. The van der Waals surface area contributed by atoms with Crippen molar-refractivity contribution in [3.8, 4) is 22.3 Å². The van der Waals surface area contributed by atoms with E-state index in [4.69, 9.17) is 0 Å². The molecule has 1 saturated heterocycles. The molecule has 0 amide bonds. The highest BCUT2D eigenvalue weighted by Crippen LogP contribution is 2.59. The monoisotopic (exact) mass is 560 g/mol. The van der Waals surface area contributed by atoms with Crippen LogP contribution in [-0.4, -0.2) is 11.9 Å². The predicted octanol–water partition coefficient (Wildman–Crippen LogP) is 10.3. The van der Waals surface area contributed by atoms with Gasteiger partial charge in [-0.15, -0.1) is 0 Å². The fourth-order valence-corrected chi connectivity index (χ4v) is 10.4. The molecule has 4 aromatic rings. The van der Waals surface area contributed by atoms with E-state index in [9.17, 15) is 4.79 Å². The minimum Gasteiger partial charge on any atom is -0.300 e. The van der Waals surface area contributed by atoms with Crippen molar-refractivity contribution in [3.63, 3.8) is 0 Å². The Morgan fingerprint density at radius 3 is 1.39 bits per heavy atom. The molecule has 0 aliphatic carbocycles. The molecule has 2 unspecified atom stereocenters. The molecule has 1 heterocycles. The maximum absolute atomic E-state index is 13.0. The molecule has 4 aromatic carbocycles. The summed E-state index contributed by atoms with van der Waals surface area (Å²) in [7, 11) is -0.646. The largest absolute Gasteiger partial charge is 0.300 e. The summed E-state index contributed by atoms with van der Waals surface area (Å²) in [6.07, 6.45) is 2.26. The number of hydrogen-bond acceptors (Lipinski definition) is 1. The van der Waals surface area contributed by atoms with Gasteiger partial charge in [-0.25, -0.2) is 0 Å². The Labute approximate surface area is 249 Å². The topological polar surface area (TPSA) is 17.1 Å². The Morgan fingerprint density at radius 2 is 0.951 bits per heavy atom. The molecule has 1 aliphatic heterocycles. The molecule has 5 rings (SSSR count). The average Bonchev–Trinajstić information content (AvgIpc) is 2.98. The van der Waals surface area contributed by atoms with Gasteiger partial charge in [0.15, 0.2) is 0 Å². The van der Waals surface area contributed by atoms with Crippen LogP contribution in [-0.2, 0) is 4.79 Å². The number of carbonyl (C=O) groups is 1. The summed E-state index contributed by atoms with van der Waals surface area (Å²) in [6, 6.07) is 17.9. The molecule has 0 bridgehead atoms. The van der Waals surface area contributed by atoms with Crippen LogP contribution in [0.15, 0.2) is 48.5 Å². The summed E-state index contributed by atoms with van der Waals surface area (Å²) < 4.78 is 0. The molecule has 0 radical (unpaired) electrons. The Bertz CT molecular complexity index is 1530. The van der Waals surface area contributed by atoms with Gasteiger partial charge in [0, 0.05) is 18.5 Å². The van der Waals surface area contributed by atoms with Crippen molar-refractivity contribution in [3.05, 3.63) is 110 Å². The van der Waals surface area contributed by atoms with E-state index in [1.807, 2.05) is 0 Å². The first-order chi connectivity index (χ1) is 19.5. The molecule has 1 nitrogen and oxygen atoms in total. The molecule has 0 saturated carbocycles. The van der Waals surface area contributed by atoms with E-state index in [2.05, 4.69) is 118 Å². The SMILES string of the molecule is Cc1c(C)c(C)c(-c2cccc(-c3c(C)c(C)c(C)c(C)c3C)c2P2CCC(=O)CC2c2ccccc2)c(C)c1C. The number of benzene rings is 4. The molecular formula is C39H45OP. The van der Waals surface area contributed by atoms with Gasteiger partial charge in [0.1, 0.15) is 5.78 Å². The van der Waals surface area contributed by atoms with Gasteiger partial charge in [-0.3, -0.25) is 4.79 Å². The van der Waals surface area contributed by atoms with Crippen LogP contribution in [0.4, 0.5) is 0 Å². The highest BCUT2D eigenvalue weighted by molar-refractivity contribution is 7.66. The van der Waals surface area contributed by atoms with Gasteiger partial charge in [-0.2, -0.15) is 0 Å². The van der Waals surface area contributed by atoms with E-state index in [1.165, 1.54) is 88.8 Å². The third-order valence-corrected chi connectivity index (χ3v) is 13.5. The van der Waals surface area contributed by atoms with Gasteiger partial charge in [0.2, 0.25) is 0 Å². The predicted molar refractivity (Wildman–Crippen MR) is 180 cm³/mol. The normalized spacial score (nSPS) is 17.3. The second kappa shape index (κ2) is 11.3. The first-order valence-electron chi connectivity index (χ1n) is 15.1. The zero-order valence-electron chi connectivity index (χ0n) is 26.7. The molecule has 212 valence electrons. The second-order valence-electron chi connectivity index (χ2n) is 12.3. The fourth-order valence-electron chi connectivity index (χ4n) is 7.13. The fraction of sp³-hybridized carbons (Fsp3) is 0.359. The second-order valence-corrected chi connectivity index (χ2v) is 14.8. The molecule has 0 N–H and O–H groups in total. The van der Waals surface area contributed by atoms with Gasteiger partial charge in [-0.05, 0) is 164 Å². The molecule has 1 aliphatic rings. The number of Topliss-reactive ketones (excluding diaryl/α,β-unsaturated/α-hetero) is 1. The maximum Gasteiger partial charge on any atom is 0.134 e. The Balaban J connectivity index is 1.92. The number of carbonyl (C=O) groups excluding carboxylic acids is 1. The first kappa shape index (κ1) is 29.5. The van der Waals surface area contributed by atoms with Gasteiger partial charge in [0.05, 0.1) is 0 Å². The summed E-state index contributed by atoms with van der Waals surface area (Å²) >= 11 is 0. The highest BCUT2D eigenvalue weighted by atomic mass is 31.1. The minimum absolute atomic E-state index is 0.230. The van der Waals surface area contributed by atoms with Crippen molar-refractivity contribution in [2.45, 2.75) is 87.7 Å². The van der Waals surface area contributed by atoms with E-state index in [-0.39, 0.29) is 5.66 Å². The molecule has 2 heteroatoms. The van der Waals surface area contributed by atoms with E-state index < -0.39 is 7.92 Å². The van der Waals surface area contributed by atoms with Crippen molar-refractivity contribution in [2.75, 3.05) is 6.16 Å². The molecule has 41 heavy (non-hydrogen) atoms. The van der Waals surface area contributed by atoms with Crippen LogP contribution in [0.1, 0.15) is 79.7 Å². The lowest BCUT2D eigenvalue weighted by molar-refractivity contribution is -0.118.